The number of urea groups is 1. The largest absolute Gasteiger partial charge is 0.493 e. The summed E-state index contributed by atoms with van der Waals surface area (Å²) in [5.74, 6) is -0.180. The van der Waals surface area contributed by atoms with E-state index in [1.807, 2.05) is 0 Å². The molecule has 1 aliphatic rings. The average Bonchev–Trinajstić information content (AvgIpc) is 2.95. The Balaban J connectivity index is 2.05. The molecule has 0 unspecified atom stereocenters. The number of nitro benzene ring substituents is 1. The summed E-state index contributed by atoms with van der Waals surface area (Å²) >= 11 is 0. The van der Waals surface area contributed by atoms with Crippen LogP contribution in [-0.4, -0.2) is 31.1 Å². The van der Waals surface area contributed by atoms with Gasteiger partial charge in [0.1, 0.15) is 5.70 Å². The fourth-order valence-electron chi connectivity index (χ4n) is 2.66. The summed E-state index contributed by atoms with van der Waals surface area (Å²) in [7, 11) is 2.75. The summed E-state index contributed by atoms with van der Waals surface area (Å²) < 4.78 is 10.2. The molecule has 2 aromatic carbocycles. The number of benzene rings is 2. The first-order chi connectivity index (χ1) is 13.0. The van der Waals surface area contributed by atoms with Crippen LogP contribution in [0.4, 0.5) is 16.2 Å². The maximum atomic E-state index is 12.6. The number of anilines is 1. The molecule has 0 bridgehead atoms. The van der Waals surface area contributed by atoms with Gasteiger partial charge in [0.15, 0.2) is 11.5 Å². The van der Waals surface area contributed by atoms with Crippen molar-refractivity contribution in [1.82, 2.24) is 5.32 Å². The lowest BCUT2D eigenvalue weighted by Crippen LogP contribution is -2.30. The summed E-state index contributed by atoms with van der Waals surface area (Å²) in [6.45, 7) is 0. The maximum absolute atomic E-state index is 12.6. The fourth-order valence-corrected chi connectivity index (χ4v) is 2.66. The molecule has 2 aromatic rings. The number of amides is 3. The van der Waals surface area contributed by atoms with Crippen molar-refractivity contribution in [1.29, 1.82) is 0 Å². The van der Waals surface area contributed by atoms with Crippen LogP contribution in [0.3, 0.4) is 0 Å². The predicted molar refractivity (Wildman–Crippen MR) is 96.6 cm³/mol. The molecule has 0 saturated carbocycles. The number of nitro groups is 1. The number of para-hydroxylation sites is 1. The summed E-state index contributed by atoms with van der Waals surface area (Å²) in [6, 6.07) is 10.3. The minimum atomic E-state index is -0.638. The van der Waals surface area contributed by atoms with Crippen LogP contribution in [-0.2, 0) is 4.79 Å². The Kier molecular flexibility index (Phi) is 4.75. The molecule has 0 aromatic heterocycles. The van der Waals surface area contributed by atoms with Gasteiger partial charge in [-0.1, -0.05) is 18.2 Å². The molecule has 0 spiro atoms. The van der Waals surface area contributed by atoms with Gasteiger partial charge in [0, 0.05) is 0 Å². The number of hydrogen-bond donors (Lipinski definition) is 1. The van der Waals surface area contributed by atoms with Crippen molar-refractivity contribution in [2.45, 2.75) is 0 Å². The van der Waals surface area contributed by atoms with E-state index in [-0.39, 0.29) is 28.4 Å². The third kappa shape index (κ3) is 3.30. The quantitative estimate of drug-likeness (QED) is 0.375. The molecule has 1 fully saturated rings. The number of hydrogen-bond acceptors (Lipinski definition) is 6. The third-order valence-electron chi connectivity index (χ3n) is 3.92. The van der Waals surface area contributed by atoms with Gasteiger partial charge in [0.25, 0.3) is 11.6 Å². The van der Waals surface area contributed by atoms with Crippen LogP contribution < -0.4 is 19.7 Å². The highest BCUT2D eigenvalue weighted by Crippen LogP contribution is 2.36. The molecule has 1 N–H and O–H groups in total. The summed E-state index contributed by atoms with van der Waals surface area (Å²) in [4.78, 5) is 36.6. The highest BCUT2D eigenvalue weighted by molar-refractivity contribution is 6.28. The van der Waals surface area contributed by atoms with Gasteiger partial charge < -0.3 is 14.8 Å². The normalized spacial score (nSPS) is 15.0. The Bertz CT molecular complexity index is 955. The van der Waals surface area contributed by atoms with E-state index in [1.165, 1.54) is 32.4 Å². The van der Waals surface area contributed by atoms with Gasteiger partial charge in [-0.3, -0.25) is 14.9 Å². The van der Waals surface area contributed by atoms with Crippen LogP contribution in [0.5, 0.6) is 11.5 Å². The number of nitrogens with zero attached hydrogens (tertiary/aromatic N) is 2. The lowest BCUT2D eigenvalue weighted by atomic mass is 10.1. The lowest BCUT2D eigenvalue weighted by molar-refractivity contribution is -0.385. The molecule has 9 nitrogen and oxygen atoms in total. The standard InChI is InChI=1S/C18H15N3O6/c1-26-15-9-11(14(21(24)25)10-16(15)27-2)8-13-17(22)20(18(23)19-13)12-6-4-3-5-7-12/h3-10H,1-2H3,(H,19,23)/b13-8+. The van der Waals surface area contributed by atoms with E-state index in [1.54, 1.807) is 30.3 Å². The molecule has 3 rings (SSSR count). The van der Waals surface area contributed by atoms with Gasteiger partial charge in [-0.25, -0.2) is 9.69 Å². The second kappa shape index (κ2) is 7.16. The first kappa shape index (κ1) is 17.9. The van der Waals surface area contributed by atoms with Crippen molar-refractivity contribution in [2.24, 2.45) is 0 Å². The Morgan fingerprint density at radius 2 is 1.70 bits per heavy atom. The zero-order chi connectivity index (χ0) is 19.6. The average molecular weight is 369 g/mol. The highest BCUT2D eigenvalue weighted by atomic mass is 16.6. The molecule has 3 amide bonds. The van der Waals surface area contributed by atoms with Crippen molar-refractivity contribution in [3.63, 3.8) is 0 Å². The predicted octanol–water partition coefficient (Wildman–Crippen LogP) is 2.71. The highest BCUT2D eigenvalue weighted by Gasteiger charge is 2.35. The molecule has 1 aliphatic heterocycles. The molecule has 0 aliphatic carbocycles. The van der Waals surface area contributed by atoms with Gasteiger partial charge in [0.05, 0.1) is 36.5 Å². The number of ether oxygens (including phenoxy) is 2. The van der Waals surface area contributed by atoms with E-state index < -0.39 is 16.9 Å². The van der Waals surface area contributed by atoms with Crippen molar-refractivity contribution in [2.75, 3.05) is 19.1 Å². The van der Waals surface area contributed by atoms with Crippen LogP contribution in [0.1, 0.15) is 5.56 Å². The molecule has 9 heteroatoms. The van der Waals surface area contributed by atoms with Crippen LogP contribution in [0.15, 0.2) is 48.2 Å². The molecule has 1 saturated heterocycles. The summed E-state index contributed by atoms with van der Waals surface area (Å²) in [6.07, 6.45) is 1.24. The minimum absolute atomic E-state index is 0.0841. The Morgan fingerprint density at radius 1 is 1.07 bits per heavy atom. The molecule has 27 heavy (non-hydrogen) atoms. The van der Waals surface area contributed by atoms with Gasteiger partial charge in [-0.15, -0.1) is 0 Å². The number of rotatable bonds is 5. The van der Waals surface area contributed by atoms with Crippen LogP contribution >= 0.6 is 0 Å². The molecule has 1 heterocycles. The molecule has 0 atom stereocenters. The maximum Gasteiger partial charge on any atom is 0.333 e. The van der Waals surface area contributed by atoms with Gasteiger partial charge >= 0.3 is 6.03 Å². The second-order valence-corrected chi connectivity index (χ2v) is 5.49. The first-order valence-corrected chi connectivity index (χ1v) is 7.79. The smallest absolute Gasteiger partial charge is 0.333 e. The van der Waals surface area contributed by atoms with Crippen molar-refractivity contribution >= 4 is 29.4 Å². The Hall–Kier alpha value is -3.88. The first-order valence-electron chi connectivity index (χ1n) is 7.79. The van der Waals surface area contributed by atoms with E-state index in [0.717, 1.165) is 4.90 Å². The van der Waals surface area contributed by atoms with Crippen LogP contribution in [0, 0.1) is 10.1 Å². The van der Waals surface area contributed by atoms with E-state index in [9.17, 15) is 19.7 Å². The second-order valence-electron chi connectivity index (χ2n) is 5.49. The third-order valence-corrected chi connectivity index (χ3v) is 3.92. The summed E-state index contributed by atoms with van der Waals surface area (Å²) in [5.41, 5.74) is 0.112. The summed E-state index contributed by atoms with van der Waals surface area (Å²) in [5, 5.41) is 13.8. The number of carbonyl (C=O) groups is 2. The monoisotopic (exact) mass is 369 g/mol. The zero-order valence-electron chi connectivity index (χ0n) is 14.5. The molecule has 138 valence electrons. The zero-order valence-corrected chi connectivity index (χ0v) is 14.5. The SMILES string of the molecule is COc1cc(/C=C2/NC(=O)N(c3ccccc3)C2=O)c([N+](=O)[O-])cc1OC. The van der Waals surface area contributed by atoms with Crippen molar-refractivity contribution in [3.05, 3.63) is 63.8 Å². The number of nitrogens with one attached hydrogen (secondary N) is 1. The number of methoxy groups -OCH3 is 2. The van der Waals surface area contributed by atoms with Gasteiger partial charge in [-0.2, -0.15) is 0 Å². The topological polar surface area (TPSA) is 111 Å². The lowest BCUT2D eigenvalue weighted by Gasteiger charge is -2.11. The molecular formula is C18H15N3O6. The molecule has 0 radical (unpaired) electrons. The van der Waals surface area contributed by atoms with Crippen LogP contribution in [0.2, 0.25) is 0 Å². The van der Waals surface area contributed by atoms with E-state index in [4.69, 9.17) is 9.47 Å². The minimum Gasteiger partial charge on any atom is -0.493 e. The van der Waals surface area contributed by atoms with E-state index >= 15 is 0 Å². The fraction of sp³-hybridized carbons (Fsp3) is 0.111. The van der Waals surface area contributed by atoms with E-state index in [2.05, 4.69) is 5.32 Å². The van der Waals surface area contributed by atoms with E-state index in [0.29, 0.717) is 5.69 Å². The molecular weight excluding hydrogens is 354 g/mol. The Labute approximate surface area is 153 Å². The van der Waals surface area contributed by atoms with Crippen LogP contribution in [0.25, 0.3) is 6.08 Å². The number of imide groups is 1. The van der Waals surface area contributed by atoms with Crippen molar-refractivity contribution < 1.29 is 24.0 Å². The number of carbonyl (C=O) groups excluding carboxylic acids is 2. The van der Waals surface area contributed by atoms with Gasteiger partial charge in [-0.05, 0) is 24.3 Å². The van der Waals surface area contributed by atoms with Crippen molar-refractivity contribution in [3.8, 4) is 11.5 Å². The Morgan fingerprint density at radius 3 is 2.30 bits per heavy atom. The van der Waals surface area contributed by atoms with Gasteiger partial charge in [0.2, 0.25) is 0 Å².